The van der Waals surface area contributed by atoms with Crippen molar-refractivity contribution < 1.29 is 14.6 Å². The van der Waals surface area contributed by atoms with E-state index in [0.29, 0.717) is 29.8 Å². The Morgan fingerprint density at radius 3 is 2.55 bits per heavy atom. The monoisotopic (exact) mass is 280 g/mol. The number of unbranched alkanes of at least 4 members (excludes halogenated alkanes) is 2. The molecule has 114 valence electrons. The van der Waals surface area contributed by atoms with Crippen molar-refractivity contribution in [3.63, 3.8) is 0 Å². The van der Waals surface area contributed by atoms with Gasteiger partial charge in [0.15, 0.2) is 11.6 Å². The molecule has 4 rings (SSSR count). The molecular formula is C17H28O3. The normalized spacial score (nSPS) is 55.0. The molecule has 1 N–H and O–H groups in total. The minimum absolute atomic E-state index is 0.342. The molecule has 2 bridgehead atoms. The van der Waals surface area contributed by atoms with E-state index in [-0.39, 0.29) is 0 Å². The molecule has 2 heterocycles. The van der Waals surface area contributed by atoms with Gasteiger partial charge in [0.25, 0.3) is 0 Å². The van der Waals surface area contributed by atoms with E-state index in [0.717, 1.165) is 44.9 Å². The molecule has 0 unspecified atom stereocenters. The van der Waals surface area contributed by atoms with Gasteiger partial charge in [-0.3, -0.25) is 0 Å². The van der Waals surface area contributed by atoms with Crippen molar-refractivity contribution >= 4 is 0 Å². The molecule has 3 heteroatoms. The lowest BCUT2D eigenvalue weighted by Gasteiger charge is -2.36. The third-order valence-electron chi connectivity index (χ3n) is 6.44. The third-order valence-corrected chi connectivity index (χ3v) is 6.44. The lowest BCUT2D eigenvalue weighted by Crippen LogP contribution is -2.43. The van der Waals surface area contributed by atoms with Crippen LogP contribution in [0.3, 0.4) is 0 Å². The Hall–Kier alpha value is -0.120. The first-order valence-corrected chi connectivity index (χ1v) is 8.74. The van der Waals surface area contributed by atoms with Gasteiger partial charge in [0.1, 0.15) is 0 Å². The molecule has 2 saturated carbocycles. The molecule has 0 aromatic carbocycles. The van der Waals surface area contributed by atoms with Crippen molar-refractivity contribution in [1.82, 2.24) is 0 Å². The molecule has 0 amide bonds. The topological polar surface area (TPSA) is 38.7 Å². The summed E-state index contributed by atoms with van der Waals surface area (Å²) in [5.41, 5.74) is 0. The SMILES string of the molecule is CCCC[C@@]12O[C@@H]3C[C@H]4C[C@@H]3[C@@H]1[C@H]4[C@](O)(CCCC)O2. The van der Waals surface area contributed by atoms with Gasteiger partial charge in [-0.1, -0.05) is 26.7 Å². The predicted octanol–water partition coefficient (Wildman–Crippen LogP) is 3.45. The van der Waals surface area contributed by atoms with E-state index in [9.17, 15) is 5.11 Å². The molecule has 0 spiro atoms. The average Bonchev–Trinajstić information content (AvgIpc) is 3.07. The van der Waals surface area contributed by atoms with Crippen molar-refractivity contribution in [3.05, 3.63) is 0 Å². The first-order valence-electron chi connectivity index (χ1n) is 8.74. The largest absolute Gasteiger partial charge is 0.365 e. The van der Waals surface area contributed by atoms with Crippen molar-refractivity contribution in [1.29, 1.82) is 0 Å². The maximum Gasteiger partial charge on any atom is 0.175 e. The molecule has 20 heavy (non-hydrogen) atoms. The summed E-state index contributed by atoms with van der Waals surface area (Å²) in [7, 11) is 0. The first-order chi connectivity index (χ1) is 9.63. The Kier molecular flexibility index (Phi) is 3.00. The van der Waals surface area contributed by atoms with Crippen LogP contribution in [0.2, 0.25) is 0 Å². The number of aliphatic hydroxyl groups is 1. The number of hydrogen-bond acceptors (Lipinski definition) is 3. The fraction of sp³-hybridized carbons (Fsp3) is 1.00. The van der Waals surface area contributed by atoms with Crippen molar-refractivity contribution in [3.8, 4) is 0 Å². The maximum atomic E-state index is 11.2. The van der Waals surface area contributed by atoms with Crippen LogP contribution in [0.15, 0.2) is 0 Å². The summed E-state index contributed by atoms with van der Waals surface area (Å²) < 4.78 is 12.7. The summed E-state index contributed by atoms with van der Waals surface area (Å²) in [5, 5.41) is 11.2. The van der Waals surface area contributed by atoms with E-state index in [2.05, 4.69) is 13.8 Å². The molecule has 0 aromatic heterocycles. The lowest BCUT2D eigenvalue weighted by molar-refractivity contribution is -0.326. The standard InChI is InChI=1S/C17H28O3/c1-3-5-7-16(18)14-11-9-12-13(10-11)19-17(20-16,15(12)14)8-6-4-2/h11-15,18H,3-10H2,1-2H3/t11-,12+,13-,14+,15-,16+,17+/m1/s1. The average molecular weight is 280 g/mol. The number of fused-ring (bicyclic) bond motifs is 2. The van der Waals surface area contributed by atoms with Gasteiger partial charge in [-0.05, 0) is 37.5 Å². The molecule has 4 fully saturated rings. The Labute approximate surface area is 122 Å². The first kappa shape index (κ1) is 13.5. The highest BCUT2D eigenvalue weighted by Crippen LogP contribution is 2.71. The van der Waals surface area contributed by atoms with Gasteiger partial charge < -0.3 is 14.6 Å². The zero-order valence-corrected chi connectivity index (χ0v) is 12.8. The summed E-state index contributed by atoms with van der Waals surface area (Å²) in [6.07, 6.45) is 9.08. The Bertz CT molecular complexity index is 396. The van der Waals surface area contributed by atoms with Crippen molar-refractivity contribution in [2.45, 2.75) is 82.9 Å². The van der Waals surface area contributed by atoms with Crippen LogP contribution >= 0.6 is 0 Å². The molecule has 0 aromatic rings. The zero-order chi connectivity index (χ0) is 14.0. The van der Waals surface area contributed by atoms with Crippen LogP contribution in [0, 0.1) is 23.7 Å². The fourth-order valence-corrected chi connectivity index (χ4v) is 5.83. The summed E-state index contributed by atoms with van der Waals surface area (Å²) in [6.45, 7) is 4.40. The number of rotatable bonds is 6. The van der Waals surface area contributed by atoms with Gasteiger partial charge in [-0.2, -0.15) is 0 Å². The second kappa shape index (κ2) is 4.44. The van der Waals surface area contributed by atoms with Gasteiger partial charge in [0.05, 0.1) is 6.10 Å². The molecule has 2 aliphatic carbocycles. The minimum atomic E-state index is -0.904. The van der Waals surface area contributed by atoms with Crippen LogP contribution < -0.4 is 0 Å². The summed E-state index contributed by atoms with van der Waals surface area (Å²) >= 11 is 0. The molecule has 7 atom stereocenters. The minimum Gasteiger partial charge on any atom is -0.365 e. The van der Waals surface area contributed by atoms with Crippen LogP contribution in [0.1, 0.15) is 65.2 Å². The van der Waals surface area contributed by atoms with Crippen LogP contribution in [-0.2, 0) is 9.47 Å². The van der Waals surface area contributed by atoms with Gasteiger partial charge in [-0.25, -0.2) is 0 Å². The molecule has 3 nitrogen and oxygen atoms in total. The van der Waals surface area contributed by atoms with Gasteiger partial charge in [0, 0.05) is 24.7 Å². The van der Waals surface area contributed by atoms with Crippen molar-refractivity contribution in [2.75, 3.05) is 0 Å². The molecule has 2 saturated heterocycles. The highest BCUT2D eigenvalue weighted by Gasteiger charge is 2.77. The van der Waals surface area contributed by atoms with E-state index in [4.69, 9.17) is 9.47 Å². The van der Waals surface area contributed by atoms with Crippen LogP contribution in [0.5, 0.6) is 0 Å². The number of ether oxygens (including phenoxy) is 2. The summed E-state index contributed by atoms with van der Waals surface area (Å²) in [4.78, 5) is 0. The third kappa shape index (κ3) is 1.57. The summed E-state index contributed by atoms with van der Waals surface area (Å²) in [5.74, 6) is 0.776. The molecule has 4 aliphatic rings. The second-order valence-corrected chi connectivity index (χ2v) is 7.57. The van der Waals surface area contributed by atoms with E-state index in [1.807, 2.05) is 0 Å². The lowest BCUT2D eigenvalue weighted by atomic mass is 9.73. The van der Waals surface area contributed by atoms with Crippen molar-refractivity contribution in [2.24, 2.45) is 23.7 Å². The van der Waals surface area contributed by atoms with E-state index < -0.39 is 11.6 Å². The Balaban J connectivity index is 1.65. The zero-order valence-electron chi connectivity index (χ0n) is 12.8. The van der Waals surface area contributed by atoms with E-state index in [1.54, 1.807) is 0 Å². The highest BCUT2D eigenvalue weighted by molar-refractivity contribution is 5.18. The maximum absolute atomic E-state index is 11.2. The van der Waals surface area contributed by atoms with Crippen LogP contribution in [0.4, 0.5) is 0 Å². The van der Waals surface area contributed by atoms with Gasteiger partial charge >= 0.3 is 0 Å². The van der Waals surface area contributed by atoms with E-state index in [1.165, 1.54) is 6.42 Å². The van der Waals surface area contributed by atoms with Crippen LogP contribution in [0.25, 0.3) is 0 Å². The summed E-state index contributed by atoms with van der Waals surface area (Å²) in [6, 6.07) is 0. The smallest absolute Gasteiger partial charge is 0.175 e. The Morgan fingerprint density at radius 1 is 1.05 bits per heavy atom. The quantitative estimate of drug-likeness (QED) is 0.810. The molecule has 2 aliphatic heterocycles. The molecule has 0 radical (unpaired) electrons. The molecular weight excluding hydrogens is 252 g/mol. The van der Waals surface area contributed by atoms with E-state index >= 15 is 0 Å². The second-order valence-electron chi connectivity index (χ2n) is 7.57. The fourth-order valence-electron chi connectivity index (χ4n) is 5.83. The number of hydrogen-bond donors (Lipinski definition) is 1. The highest BCUT2D eigenvalue weighted by atomic mass is 16.8. The predicted molar refractivity (Wildman–Crippen MR) is 75.9 cm³/mol. The van der Waals surface area contributed by atoms with Gasteiger partial charge in [0.2, 0.25) is 0 Å². The van der Waals surface area contributed by atoms with Crippen LogP contribution in [-0.4, -0.2) is 22.8 Å². The van der Waals surface area contributed by atoms with Gasteiger partial charge in [-0.15, -0.1) is 0 Å². The Morgan fingerprint density at radius 2 is 1.80 bits per heavy atom.